The number of amides is 1. The number of nitrogens with zero attached hydrogens (tertiary/aromatic N) is 5. The number of rotatable bonds is 6. The predicted octanol–water partition coefficient (Wildman–Crippen LogP) is 3.56. The van der Waals surface area contributed by atoms with E-state index in [-0.39, 0.29) is 11.6 Å². The van der Waals surface area contributed by atoms with E-state index in [4.69, 9.17) is 9.72 Å². The maximum Gasteiger partial charge on any atom is 0.269 e. The van der Waals surface area contributed by atoms with E-state index in [0.29, 0.717) is 44.0 Å². The molecule has 0 saturated carbocycles. The first-order valence-electron chi connectivity index (χ1n) is 11.1. The average Bonchev–Trinajstić information content (AvgIpc) is 2.85. The molecule has 2 aromatic carbocycles. The molecule has 1 aromatic heterocycles. The van der Waals surface area contributed by atoms with Crippen molar-refractivity contribution in [2.75, 3.05) is 38.2 Å². The number of aromatic nitrogens is 2. The highest BCUT2D eigenvalue weighted by Crippen LogP contribution is 2.26. The van der Waals surface area contributed by atoms with E-state index in [9.17, 15) is 14.9 Å². The molecule has 1 aliphatic rings. The number of ether oxygens (including phenoxy) is 1. The van der Waals surface area contributed by atoms with Gasteiger partial charge in [-0.05, 0) is 43.7 Å². The van der Waals surface area contributed by atoms with Gasteiger partial charge in [0, 0.05) is 61.6 Å². The number of carbonyl (C=O) groups excluding carboxylic acids is 1. The summed E-state index contributed by atoms with van der Waals surface area (Å²) in [6.45, 7) is 6.32. The number of piperazine rings is 1. The van der Waals surface area contributed by atoms with Crippen LogP contribution in [-0.4, -0.2) is 59.0 Å². The minimum atomic E-state index is -0.401. The second kappa shape index (κ2) is 9.86. The van der Waals surface area contributed by atoms with Crippen LogP contribution in [0.3, 0.4) is 0 Å². The molecule has 0 bridgehead atoms. The Morgan fingerprint density at radius 3 is 2.24 bits per heavy atom. The third-order valence-electron chi connectivity index (χ3n) is 6.04. The number of hydrogen-bond donors (Lipinski definition) is 0. The quantitative estimate of drug-likeness (QED) is 0.408. The van der Waals surface area contributed by atoms with E-state index in [1.54, 1.807) is 43.5 Å². The molecular formula is C25H27N5O4. The minimum absolute atomic E-state index is 0.00320. The molecule has 0 spiro atoms. The van der Waals surface area contributed by atoms with Crippen LogP contribution in [0, 0.1) is 24.0 Å². The van der Waals surface area contributed by atoms with Gasteiger partial charge < -0.3 is 14.5 Å². The standard InChI is InChI=1S/C25H27N5O4/c1-17-23(16-19-4-8-21(9-5-19)30(32)33)24(27-18(2)26-17)28-12-14-29(15-13-28)25(31)20-6-10-22(34-3)11-7-20/h4-11H,12-16H2,1-3H3. The molecule has 9 nitrogen and oxygen atoms in total. The van der Waals surface area contributed by atoms with Crippen LogP contribution < -0.4 is 9.64 Å². The van der Waals surface area contributed by atoms with Crippen molar-refractivity contribution in [2.24, 2.45) is 0 Å². The van der Waals surface area contributed by atoms with Crippen molar-refractivity contribution in [1.82, 2.24) is 14.9 Å². The first kappa shape index (κ1) is 23.2. The van der Waals surface area contributed by atoms with E-state index in [2.05, 4.69) is 9.88 Å². The molecule has 1 aliphatic heterocycles. The van der Waals surface area contributed by atoms with Gasteiger partial charge in [-0.15, -0.1) is 0 Å². The second-order valence-electron chi connectivity index (χ2n) is 8.27. The van der Waals surface area contributed by atoms with Gasteiger partial charge in [-0.2, -0.15) is 0 Å². The van der Waals surface area contributed by atoms with Crippen LogP contribution in [0.4, 0.5) is 11.5 Å². The Labute approximate surface area is 198 Å². The highest BCUT2D eigenvalue weighted by Gasteiger charge is 2.25. The Balaban J connectivity index is 1.50. The highest BCUT2D eigenvalue weighted by molar-refractivity contribution is 5.94. The van der Waals surface area contributed by atoms with Gasteiger partial charge >= 0.3 is 0 Å². The molecule has 2 heterocycles. The van der Waals surface area contributed by atoms with Gasteiger partial charge in [-0.25, -0.2) is 9.97 Å². The summed E-state index contributed by atoms with van der Waals surface area (Å²) in [5, 5.41) is 11.0. The first-order chi connectivity index (χ1) is 16.4. The van der Waals surface area contributed by atoms with E-state index in [1.165, 1.54) is 12.1 Å². The lowest BCUT2D eigenvalue weighted by Gasteiger charge is -2.36. The SMILES string of the molecule is COc1ccc(C(=O)N2CCN(c3nc(C)nc(C)c3Cc3ccc([N+](=O)[O-])cc3)CC2)cc1. The van der Waals surface area contributed by atoms with E-state index >= 15 is 0 Å². The Morgan fingerprint density at radius 1 is 1.00 bits per heavy atom. The van der Waals surface area contributed by atoms with Gasteiger partial charge in [0.15, 0.2) is 0 Å². The van der Waals surface area contributed by atoms with Gasteiger partial charge in [-0.1, -0.05) is 12.1 Å². The monoisotopic (exact) mass is 461 g/mol. The summed E-state index contributed by atoms with van der Waals surface area (Å²) in [7, 11) is 1.60. The van der Waals surface area contributed by atoms with Crippen molar-refractivity contribution in [3.8, 4) is 5.75 Å². The maximum absolute atomic E-state index is 12.9. The number of carbonyl (C=O) groups is 1. The molecule has 0 radical (unpaired) electrons. The summed E-state index contributed by atoms with van der Waals surface area (Å²) in [5.74, 6) is 2.27. The van der Waals surface area contributed by atoms with Crippen molar-refractivity contribution in [1.29, 1.82) is 0 Å². The largest absolute Gasteiger partial charge is 0.497 e. The lowest BCUT2D eigenvalue weighted by Crippen LogP contribution is -2.49. The Morgan fingerprint density at radius 2 is 1.65 bits per heavy atom. The fourth-order valence-electron chi connectivity index (χ4n) is 4.16. The van der Waals surface area contributed by atoms with Gasteiger partial charge in [0.25, 0.3) is 11.6 Å². The highest BCUT2D eigenvalue weighted by atomic mass is 16.6. The summed E-state index contributed by atoms with van der Waals surface area (Å²) >= 11 is 0. The number of methoxy groups -OCH3 is 1. The second-order valence-corrected chi connectivity index (χ2v) is 8.27. The molecule has 1 saturated heterocycles. The third kappa shape index (κ3) is 4.98. The summed E-state index contributed by atoms with van der Waals surface area (Å²) in [5.41, 5.74) is 3.54. The topological polar surface area (TPSA) is 102 Å². The van der Waals surface area contributed by atoms with Gasteiger partial charge in [0.1, 0.15) is 17.4 Å². The van der Waals surface area contributed by atoms with Crippen LogP contribution in [0.5, 0.6) is 5.75 Å². The van der Waals surface area contributed by atoms with Crippen molar-refractivity contribution in [3.63, 3.8) is 0 Å². The zero-order chi connectivity index (χ0) is 24.2. The molecular weight excluding hydrogens is 434 g/mol. The van der Waals surface area contributed by atoms with Gasteiger partial charge in [0.05, 0.1) is 12.0 Å². The smallest absolute Gasteiger partial charge is 0.269 e. The molecule has 176 valence electrons. The molecule has 0 atom stereocenters. The lowest BCUT2D eigenvalue weighted by atomic mass is 10.0. The van der Waals surface area contributed by atoms with E-state index in [1.807, 2.05) is 18.7 Å². The summed E-state index contributed by atoms with van der Waals surface area (Å²) < 4.78 is 5.17. The zero-order valence-corrected chi connectivity index (χ0v) is 19.5. The van der Waals surface area contributed by atoms with Crippen LogP contribution in [0.2, 0.25) is 0 Å². The summed E-state index contributed by atoms with van der Waals surface area (Å²) in [6, 6.07) is 13.7. The summed E-state index contributed by atoms with van der Waals surface area (Å²) in [4.78, 5) is 36.8. The molecule has 1 amide bonds. The zero-order valence-electron chi connectivity index (χ0n) is 19.5. The molecule has 0 unspecified atom stereocenters. The Hall–Kier alpha value is -4.01. The predicted molar refractivity (Wildman–Crippen MR) is 129 cm³/mol. The first-order valence-corrected chi connectivity index (χ1v) is 11.1. The van der Waals surface area contributed by atoms with Crippen molar-refractivity contribution >= 4 is 17.4 Å². The fraction of sp³-hybridized carbons (Fsp3) is 0.320. The molecule has 3 aromatic rings. The van der Waals surface area contributed by atoms with E-state index < -0.39 is 4.92 Å². The molecule has 1 fully saturated rings. The number of non-ortho nitro benzene ring substituents is 1. The summed E-state index contributed by atoms with van der Waals surface area (Å²) in [6.07, 6.45) is 0.574. The number of nitro groups is 1. The molecule has 4 rings (SSSR count). The van der Waals surface area contributed by atoms with Crippen molar-refractivity contribution in [3.05, 3.63) is 86.9 Å². The molecule has 9 heteroatoms. The number of anilines is 1. The molecule has 0 N–H and O–H groups in total. The van der Waals surface area contributed by atoms with E-state index in [0.717, 1.165) is 28.4 Å². The van der Waals surface area contributed by atoms with Crippen LogP contribution in [0.1, 0.15) is 33.0 Å². The number of hydrogen-bond acceptors (Lipinski definition) is 7. The van der Waals surface area contributed by atoms with Crippen molar-refractivity contribution in [2.45, 2.75) is 20.3 Å². The molecule has 34 heavy (non-hydrogen) atoms. The normalized spacial score (nSPS) is 13.6. The average molecular weight is 462 g/mol. The van der Waals surface area contributed by atoms with Gasteiger partial charge in [0.2, 0.25) is 0 Å². The van der Waals surface area contributed by atoms with Crippen LogP contribution in [0.25, 0.3) is 0 Å². The van der Waals surface area contributed by atoms with Crippen LogP contribution in [0.15, 0.2) is 48.5 Å². The van der Waals surface area contributed by atoms with Crippen LogP contribution >= 0.6 is 0 Å². The maximum atomic E-state index is 12.9. The Bertz CT molecular complexity index is 1190. The Kier molecular flexibility index (Phi) is 6.72. The third-order valence-corrected chi connectivity index (χ3v) is 6.04. The number of nitro benzene ring substituents is 1. The lowest BCUT2D eigenvalue weighted by molar-refractivity contribution is -0.384. The fourth-order valence-corrected chi connectivity index (χ4v) is 4.16. The van der Waals surface area contributed by atoms with Crippen LogP contribution in [-0.2, 0) is 6.42 Å². The van der Waals surface area contributed by atoms with Gasteiger partial charge in [-0.3, -0.25) is 14.9 Å². The molecule has 0 aliphatic carbocycles. The number of benzene rings is 2. The minimum Gasteiger partial charge on any atom is -0.497 e. The van der Waals surface area contributed by atoms with Crippen molar-refractivity contribution < 1.29 is 14.5 Å². The number of aryl methyl sites for hydroxylation is 2.